The molecule has 1 heterocycles. The third-order valence-electron chi connectivity index (χ3n) is 5.37. The Labute approximate surface area is 189 Å². The summed E-state index contributed by atoms with van der Waals surface area (Å²) >= 11 is 0. The predicted octanol–water partition coefficient (Wildman–Crippen LogP) is 3.86. The van der Waals surface area contributed by atoms with Gasteiger partial charge in [-0.3, -0.25) is 4.79 Å². The minimum Gasteiger partial charge on any atom is -0.267 e. The molecule has 0 amide bonds. The van der Waals surface area contributed by atoms with Gasteiger partial charge in [-0.2, -0.15) is 5.10 Å². The maximum atomic E-state index is 14.0. The molecule has 168 valence electrons. The van der Waals surface area contributed by atoms with Crippen LogP contribution in [-0.2, 0) is 16.6 Å². The summed E-state index contributed by atoms with van der Waals surface area (Å²) in [4.78, 5) is 13.4. The summed E-state index contributed by atoms with van der Waals surface area (Å²) in [6.07, 6.45) is 1.47. The standard InChI is InChI=1S/C24H19F2N3O3S/c1-15-18(3-2-4-22(15)26)14-29-24(30)23(17-5-9-19(25)10-6-17)21(13-28-29)16-7-11-20(12-8-16)33(27,31)32/h2-13H,14H2,1H3,(H2,27,31,32). The van der Waals surface area contributed by atoms with Gasteiger partial charge in [-0.15, -0.1) is 0 Å². The molecule has 0 aliphatic heterocycles. The van der Waals surface area contributed by atoms with Crippen LogP contribution in [0.15, 0.2) is 82.6 Å². The van der Waals surface area contributed by atoms with Crippen LogP contribution < -0.4 is 10.7 Å². The number of rotatable bonds is 5. The topological polar surface area (TPSA) is 95.1 Å². The molecule has 0 spiro atoms. The first-order valence-corrected chi connectivity index (χ1v) is 11.4. The molecule has 0 fully saturated rings. The Morgan fingerprint density at radius 3 is 2.21 bits per heavy atom. The molecule has 6 nitrogen and oxygen atoms in total. The van der Waals surface area contributed by atoms with E-state index in [1.807, 2.05) is 0 Å². The van der Waals surface area contributed by atoms with E-state index in [-0.39, 0.29) is 22.8 Å². The van der Waals surface area contributed by atoms with Gasteiger partial charge in [0.25, 0.3) is 5.56 Å². The summed E-state index contributed by atoms with van der Waals surface area (Å²) in [5.41, 5.74) is 2.22. The second kappa shape index (κ2) is 8.68. The second-order valence-electron chi connectivity index (χ2n) is 7.50. The average molecular weight is 467 g/mol. The van der Waals surface area contributed by atoms with E-state index in [0.29, 0.717) is 27.8 Å². The van der Waals surface area contributed by atoms with Crippen LogP contribution >= 0.6 is 0 Å². The highest BCUT2D eigenvalue weighted by Gasteiger charge is 2.17. The Morgan fingerprint density at radius 1 is 0.939 bits per heavy atom. The van der Waals surface area contributed by atoms with Crippen LogP contribution in [0.1, 0.15) is 11.1 Å². The van der Waals surface area contributed by atoms with Crippen molar-refractivity contribution in [1.82, 2.24) is 9.78 Å². The Hall–Kier alpha value is -3.69. The summed E-state index contributed by atoms with van der Waals surface area (Å²) in [6, 6.07) is 15.8. The number of hydrogen-bond donors (Lipinski definition) is 1. The lowest BCUT2D eigenvalue weighted by Gasteiger charge is -2.14. The Morgan fingerprint density at radius 2 is 1.58 bits per heavy atom. The predicted molar refractivity (Wildman–Crippen MR) is 121 cm³/mol. The SMILES string of the molecule is Cc1c(F)cccc1Cn1ncc(-c2ccc(S(N)(=O)=O)cc2)c(-c2ccc(F)cc2)c1=O. The first kappa shape index (κ1) is 22.5. The van der Waals surface area contributed by atoms with Crippen molar-refractivity contribution in [3.8, 4) is 22.3 Å². The Balaban J connectivity index is 1.88. The zero-order valence-corrected chi connectivity index (χ0v) is 18.3. The summed E-state index contributed by atoms with van der Waals surface area (Å²) in [5, 5.41) is 9.43. The third kappa shape index (κ3) is 4.59. The number of primary sulfonamides is 1. The molecule has 0 saturated heterocycles. The molecule has 0 saturated carbocycles. The Bertz CT molecular complexity index is 1500. The number of hydrogen-bond acceptors (Lipinski definition) is 4. The van der Waals surface area contributed by atoms with E-state index in [1.165, 1.54) is 65.5 Å². The summed E-state index contributed by atoms with van der Waals surface area (Å²) < 4.78 is 51.9. The zero-order valence-electron chi connectivity index (χ0n) is 17.5. The highest BCUT2D eigenvalue weighted by Crippen LogP contribution is 2.29. The number of nitrogens with two attached hydrogens (primary N) is 1. The lowest BCUT2D eigenvalue weighted by molar-refractivity contribution is 0.597. The number of benzene rings is 3. The van der Waals surface area contributed by atoms with E-state index in [4.69, 9.17) is 5.14 Å². The molecule has 0 bridgehead atoms. The molecule has 1 aromatic heterocycles. The van der Waals surface area contributed by atoms with Gasteiger partial charge in [0.2, 0.25) is 10.0 Å². The van der Waals surface area contributed by atoms with Gasteiger partial charge in [0, 0.05) is 5.56 Å². The number of halogens is 2. The molecular formula is C24H19F2N3O3S. The van der Waals surface area contributed by atoms with Crippen molar-refractivity contribution in [2.45, 2.75) is 18.4 Å². The second-order valence-corrected chi connectivity index (χ2v) is 9.06. The molecule has 4 rings (SSSR count). The molecule has 33 heavy (non-hydrogen) atoms. The molecule has 4 aromatic rings. The maximum Gasteiger partial charge on any atom is 0.275 e. The van der Waals surface area contributed by atoms with Crippen molar-refractivity contribution in [3.63, 3.8) is 0 Å². The van der Waals surface area contributed by atoms with E-state index in [0.717, 1.165) is 0 Å². The fourth-order valence-electron chi connectivity index (χ4n) is 3.52. The van der Waals surface area contributed by atoms with Gasteiger partial charge in [0.15, 0.2) is 0 Å². The van der Waals surface area contributed by atoms with E-state index in [2.05, 4.69) is 5.10 Å². The van der Waals surface area contributed by atoms with E-state index in [9.17, 15) is 22.0 Å². The van der Waals surface area contributed by atoms with Gasteiger partial charge >= 0.3 is 0 Å². The van der Waals surface area contributed by atoms with Crippen LogP contribution in [0.5, 0.6) is 0 Å². The van der Waals surface area contributed by atoms with Gasteiger partial charge in [-0.05, 0) is 59.5 Å². The van der Waals surface area contributed by atoms with Gasteiger partial charge in [-0.25, -0.2) is 27.0 Å². The van der Waals surface area contributed by atoms with Gasteiger partial charge in [0.05, 0.1) is 23.2 Å². The highest BCUT2D eigenvalue weighted by molar-refractivity contribution is 7.89. The molecule has 3 aromatic carbocycles. The van der Waals surface area contributed by atoms with Gasteiger partial charge < -0.3 is 0 Å². The van der Waals surface area contributed by atoms with Crippen molar-refractivity contribution in [2.24, 2.45) is 5.14 Å². The molecule has 0 atom stereocenters. The van der Waals surface area contributed by atoms with Crippen molar-refractivity contribution in [1.29, 1.82) is 0 Å². The summed E-state index contributed by atoms with van der Waals surface area (Å²) in [7, 11) is -3.88. The van der Waals surface area contributed by atoms with Crippen LogP contribution in [0.4, 0.5) is 8.78 Å². The molecule has 9 heteroatoms. The molecule has 0 radical (unpaired) electrons. The molecule has 2 N–H and O–H groups in total. The van der Waals surface area contributed by atoms with E-state index >= 15 is 0 Å². The van der Waals surface area contributed by atoms with Gasteiger partial charge in [-0.1, -0.05) is 36.4 Å². The fourth-order valence-corrected chi connectivity index (χ4v) is 4.04. The lowest BCUT2D eigenvalue weighted by Crippen LogP contribution is -2.26. The zero-order chi connectivity index (χ0) is 23.8. The van der Waals surface area contributed by atoms with Crippen molar-refractivity contribution in [2.75, 3.05) is 0 Å². The van der Waals surface area contributed by atoms with Crippen molar-refractivity contribution in [3.05, 3.63) is 106 Å². The quantitative estimate of drug-likeness (QED) is 0.482. The number of sulfonamides is 1. The van der Waals surface area contributed by atoms with Crippen molar-refractivity contribution < 1.29 is 17.2 Å². The summed E-state index contributed by atoms with van der Waals surface area (Å²) in [6.45, 7) is 1.67. The first-order chi connectivity index (χ1) is 15.6. The van der Waals surface area contributed by atoms with E-state index < -0.39 is 21.4 Å². The van der Waals surface area contributed by atoms with Crippen LogP contribution in [-0.4, -0.2) is 18.2 Å². The van der Waals surface area contributed by atoms with Crippen LogP contribution in [0.2, 0.25) is 0 Å². The van der Waals surface area contributed by atoms with Crippen LogP contribution in [0.25, 0.3) is 22.3 Å². The highest BCUT2D eigenvalue weighted by atomic mass is 32.2. The third-order valence-corrected chi connectivity index (χ3v) is 6.30. The number of aromatic nitrogens is 2. The fraction of sp³-hybridized carbons (Fsp3) is 0.0833. The van der Waals surface area contributed by atoms with Crippen LogP contribution in [0.3, 0.4) is 0 Å². The molecule has 0 aliphatic carbocycles. The van der Waals surface area contributed by atoms with Crippen LogP contribution in [0, 0.1) is 18.6 Å². The van der Waals surface area contributed by atoms with Gasteiger partial charge in [0.1, 0.15) is 11.6 Å². The van der Waals surface area contributed by atoms with Crippen molar-refractivity contribution >= 4 is 10.0 Å². The monoisotopic (exact) mass is 467 g/mol. The normalized spacial score (nSPS) is 11.5. The van der Waals surface area contributed by atoms with E-state index in [1.54, 1.807) is 19.1 Å². The largest absolute Gasteiger partial charge is 0.275 e. The smallest absolute Gasteiger partial charge is 0.267 e. The minimum atomic E-state index is -3.88. The molecule has 0 aliphatic rings. The molecular weight excluding hydrogens is 448 g/mol. The maximum absolute atomic E-state index is 14.0. The first-order valence-electron chi connectivity index (χ1n) is 9.88. The Kier molecular flexibility index (Phi) is 5.92. The lowest BCUT2D eigenvalue weighted by atomic mass is 9.97. The number of nitrogens with zero attached hydrogens (tertiary/aromatic N) is 2. The molecule has 0 unspecified atom stereocenters. The average Bonchev–Trinajstić information content (AvgIpc) is 2.78. The minimum absolute atomic E-state index is 0.0429. The summed E-state index contributed by atoms with van der Waals surface area (Å²) in [5.74, 6) is -0.839.